The molecule has 1 N–H and O–H groups in total. The maximum Gasteiger partial charge on any atom is 0.0305 e. The van der Waals surface area contributed by atoms with E-state index < -0.39 is 0 Å². The van der Waals surface area contributed by atoms with Crippen molar-refractivity contribution >= 4 is 11.3 Å². The molecule has 0 radical (unpaired) electrons. The van der Waals surface area contributed by atoms with Crippen LogP contribution < -0.4 is 5.32 Å². The van der Waals surface area contributed by atoms with Gasteiger partial charge in [0.05, 0.1) is 0 Å². The molecule has 2 fully saturated rings. The normalized spacial score (nSPS) is 33.8. The SMILES string of the molecule is Cc1ccsc1CNC1CC2CCC1C2. The van der Waals surface area contributed by atoms with Crippen LogP contribution >= 0.6 is 11.3 Å². The highest BCUT2D eigenvalue weighted by Crippen LogP contribution is 2.44. The Morgan fingerprint density at radius 1 is 1.40 bits per heavy atom. The van der Waals surface area contributed by atoms with Crippen LogP contribution in [0.5, 0.6) is 0 Å². The van der Waals surface area contributed by atoms with Crippen molar-refractivity contribution in [3.05, 3.63) is 21.9 Å². The van der Waals surface area contributed by atoms with E-state index in [1.807, 2.05) is 11.3 Å². The molecule has 1 nitrogen and oxygen atoms in total. The molecule has 1 aromatic rings. The van der Waals surface area contributed by atoms with E-state index in [0.29, 0.717) is 0 Å². The van der Waals surface area contributed by atoms with Crippen LogP contribution in [0.3, 0.4) is 0 Å². The van der Waals surface area contributed by atoms with Gasteiger partial charge in [-0.3, -0.25) is 0 Å². The van der Waals surface area contributed by atoms with Crippen LogP contribution in [0.15, 0.2) is 11.4 Å². The summed E-state index contributed by atoms with van der Waals surface area (Å²) in [6.07, 6.45) is 5.92. The van der Waals surface area contributed by atoms with Crippen LogP contribution in [0.1, 0.15) is 36.1 Å². The fourth-order valence-electron chi connectivity index (χ4n) is 3.30. The van der Waals surface area contributed by atoms with Gasteiger partial charge in [0.1, 0.15) is 0 Å². The molecule has 2 aliphatic rings. The maximum atomic E-state index is 3.77. The number of aryl methyl sites for hydroxylation is 1. The van der Waals surface area contributed by atoms with Crippen LogP contribution in [0.25, 0.3) is 0 Å². The monoisotopic (exact) mass is 221 g/mol. The van der Waals surface area contributed by atoms with Crippen molar-refractivity contribution in [1.29, 1.82) is 0 Å². The average molecular weight is 221 g/mol. The molecule has 3 rings (SSSR count). The smallest absolute Gasteiger partial charge is 0.0305 e. The molecule has 82 valence electrons. The number of fused-ring (bicyclic) bond motifs is 2. The highest BCUT2D eigenvalue weighted by atomic mass is 32.1. The second-order valence-electron chi connectivity index (χ2n) is 5.19. The van der Waals surface area contributed by atoms with Gasteiger partial charge in [-0.1, -0.05) is 6.42 Å². The zero-order valence-corrected chi connectivity index (χ0v) is 10.1. The summed E-state index contributed by atoms with van der Waals surface area (Å²) in [5, 5.41) is 5.97. The first-order chi connectivity index (χ1) is 7.33. The summed E-state index contributed by atoms with van der Waals surface area (Å²) in [5.41, 5.74) is 1.45. The summed E-state index contributed by atoms with van der Waals surface area (Å²) in [7, 11) is 0. The molecule has 3 atom stereocenters. The Hall–Kier alpha value is -0.340. The number of hydrogen-bond acceptors (Lipinski definition) is 2. The lowest BCUT2D eigenvalue weighted by molar-refractivity contribution is 0.351. The first-order valence-corrected chi connectivity index (χ1v) is 6.97. The van der Waals surface area contributed by atoms with Crippen LogP contribution in [-0.4, -0.2) is 6.04 Å². The first-order valence-electron chi connectivity index (χ1n) is 6.09. The largest absolute Gasteiger partial charge is 0.309 e. The molecule has 0 spiro atoms. The van der Waals surface area contributed by atoms with Crippen LogP contribution in [0, 0.1) is 18.8 Å². The summed E-state index contributed by atoms with van der Waals surface area (Å²) < 4.78 is 0. The molecule has 15 heavy (non-hydrogen) atoms. The van der Waals surface area contributed by atoms with Crippen molar-refractivity contribution in [3.8, 4) is 0 Å². The Morgan fingerprint density at radius 3 is 2.93 bits per heavy atom. The van der Waals surface area contributed by atoms with Crippen LogP contribution in [-0.2, 0) is 6.54 Å². The van der Waals surface area contributed by atoms with E-state index in [4.69, 9.17) is 0 Å². The molecule has 0 aromatic carbocycles. The second kappa shape index (κ2) is 3.91. The molecule has 2 bridgehead atoms. The number of nitrogens with one attached hydrogen (secondary N) is 1. The van der Waals surface area contributed by atoms with Gasteiger partial charge in [0.25, 0.3) is 0 Å². The molecule has 2 aliphatic carbocycles. The van der Waals surface area contributed by atoms with E-state index in [2.05, 4.69) is 23.7 Å². The molecule has 3 unspecified atom stereocenters. The quantitative estimate of drug-likeness (QED) is 0.825. The molecule has 0 amide bonds. The zero-order chi connectivity index (χ0) is 10.3. The second-order valence-corrected chi connectivity index (χ2v) is 6.19. The highest BCUT2D eigenvalue weighted by molar-refractivity contribution is 7.10. The Morgan fingerprint density at radius 2 is 2.33 bits per heavy atom. The lowest BCUT2D eigenvalue weighted by Gasteiger charge is -2.22. The number of rotatable bonds is 3. The van der Waals surface area contributed by atoms with Crippen molar-refractivity contribution in [2.24, 2.45) is 11.8 Å². The van der Waals surface area contributed by atoms with Crippen molar-refractivity contribution in [2.45, 2.75) is 45.2 Å². The van der Waals surface area contributed by atoms with Gasteiger partial charge in [-0.25, -0.2) is 0 Å². The molecular weight excluding hydrogens is 202 g/mol. The minimum atomic E-state index is 0.824. The third kappa shape index (κ3) is 1.85. The minimum Gasteiger partial charge on any atom is -0.309 e. The van der Waals surface area contributed by atoms with Crippen molar-refractivity contribution in [2.75, 3.05) is 0 Å². The summed E-state index contributed by atoms with van der Waals surface area (Å²) in [5.74, 6) is 2.05. The molecule has 2 heteroatoms. The lowest BCUT2D eigenvalue weighted by Crippen LogP contribution is -2.33. The van der Waals surface area contributed by atoms with Crippen molar-refractivity contribution in [3.63, 3.8) is 0 Å². The standard InChI is InChI=1S/C13H19NS/c1-9-4-5-15-13(9)8-14-12-7-10-2-3-11(12)6-10/h4-5,10-12,14H,2-3,6-8H2,1H3. The lowest BCUT2D eigenvalue weighted by atomic mass is 9.95. The van der Waals surface area contributed by atoms with E-state index >= 15 is 0 Å². The Labute approximate surface area is 95.9 Å². The Bertz CT molecular complexity index is 344. The van der Waals surface area contributed by atoms with Crippen LogP contribution in [0.2, 0.25) is 0 Å². The fourth-order valence-corrected chi connectivity index (χ4v) is 4.16. The van der Waals surface area contributed by atoms with E-state index in [-0.39, 0.29) is 0 Å². The summed E-state index contributed by atoms with van der Waals surface area (Å²) in [4.78, 5) is 1.53. The van der Waals surface area contributed by atoms with Crippen molar-refractivity contribution in [1.82, 2.24) is 5.32 Å². The third-order valence-electron chi connectivity index (χ3n) is 4.23. The molecular formula is C13H19NS. The van der Waals surface area contributed by atoms with Gasteiger partial charge >= 0.3 is 0 Å². The van der Waals surface area contributed by atoms with Crippen molar-refractivity contribution < 1.29 is 0 Å². The van der Waals surface area contributed by atoms with Gasteiger partial charge in [-0.15, -0.1) is 11.3 Å². The Balaban J connectivity index is 1.57. The van der Waals surface area contributed by atoms with Gasteiger partial charge in [0, 0.05) is 17.5 Å². The highest BCUT2D eigenvalue weighted by Gasteiger charge is 2.38. The molecule has 1 heterocycles. The minimum absolute atomic E-state index is 0.824. The van der Waals surface area contributed by atoms with Gasteiger partial charge in [0.2, 0.25) is 0 Å². The molecule has 1 aromatic heterocycles. The average Bonchev–Trinajstić information content (AvgIpc) is 2.90. The van der Waals surface area contributed by atoms with E-state index in [1.165, 1.54) is 36.1 Å². The number of hydrogen-bond donors (Lipinski definition) is 1. The molecule has 2 saturated carbocycles. The van der Waals surface area contributed by atoms with E-state index in [0.717, 1.165) is 24.4 Å². The summed E-state index contributed by atoms with van der Waals surface area (Å²) in [6.45, 7) is 3.31. The van der Waals surface area contributed by atoms with E-state index in [1.54, 1.807) is 0 Å². The van der Waals surface area contributed by atoms with E-state index in [9.17, 15) is 0 Å². The van der Waals surface area contributed by atoms with Crippen LogP contribution in [0.4, 0.5) is 0 Å². The topological polar surface area (TPSA) is 12.0 Å². The maximum absolute atomic E-state index is 3.77. The van der Waals surface area contributed by atoms with Gasteiger partial charge in [0.15, 0.2) is 0 Å². The summed E-state index contributed by atoms with van der Waals surface area (Å²) >= 11 is 1.89. The fraction of sp³-hybridized carbons (Fsp3) is 0.692. The third-order valence-corrected chi connectivity index (χ3v) is 5.25. The molecule has 0 aliphatic heterocycles. The Kier molecular flexibility index (Phi) is 2.57. The molecule has 0 saturated heterocycles. The predicted octanol–water partition coefficient (Wildman–Crippen LogP) is 3.33. The first kappa shape index (κ1) is 9.86. The van der Waals surface area contributed by atoms with Gasteiger partial charge in [-0.05, 0) is 55.0 Å². The van der Waals surface area contributed by atoms with Gasteiger partial charge < -0.3 is 5.32 Å². The predicted molar refractivity (Wildman–Crippen MR) is 65.1 cm³/mol. The number of thiophene rings is 1. The van der Waals surface area contributed by atoms with Gasteiger partial charge in [-0.2, -0.15) is 0 Å². The summed E-state index contributed by atoms with van der Waals surface area (Å²) in [6, 6.07) is 3.05. The zero-order valence-electron chi connectivity index (χ0n) is 9.33.